The van der Waals surface area contributed by atoms with E-state index in [9.17, 15) is 4.79 Å². The Balaban J connectivity index is 1.55. The van der Waals surface area contributed by atoms with Crippen LogP contribution in [0.15, 0.2) is 18.5 Å². The minimum Gasteiger partial charge on any atom is -0.341 e. The molecule has 0 saturated carbocycles. The van der Waals surface area contributed by atoms with Crippen LogP contribution < -0.4 is 4.90 Å². The third-order valence-corrected chi connectivity index (χ3v) is 5.23. The molecule has 132 valence electrons. The van der Waals surface area contributed by atoms with Gasteiger partial charge in [-0.15, -0.1) is 0 Å². The minimum absolute atomic E-state index is 0.0404. The summed E-state index contributed by atoms with van der Waals surface area (Å²) in [4.78, 5) is 28.1. The number of carbonyl (C=O) groups excluding carboxylic acids is 1. The topological polar surface area (TPSA) is 52.6 Å². The van der Waals surface area contributed by atoms with E-state index in [-0.39, 0.29) is 11.9 Å². The van der Waals surface area contributed by atoms with Crippen LogP contribution in [0.25, 0.3) is 0 Å². The highest BCUT2D eigenvalue weighted by Gasteiger charge is 2.32. The van der Waals surface area contributed by atoms with E-state index in [0.29, 0.717) is 11.8 Å². The quantitative estimate of drug-likeness (QED) is 0.840. The van der Waals surface area contributed by atoms with E-state index in [1.165, 1.54) is 6.42 Å². The summed E-state index contributed by atoms with van der Waals surface area (Å²) >= 11 is 0. The number of hydrogen-bond donors (Lipinski definition) is 0. The minimum atomic E-state index is -0.0404. The van der Waals surface area contributed by atoms with Gasteiger partial charge in [0.1, 0.15) is 0 Å². The van der Waals surface area contributed by atoms with Gasteiger partial charge in [-0.3, -0.25) is 9.69 Å². The lowest BCUT2D eigenvalue weighted by Gasteiger charge is -2.41. The first-order chi connectivity index (χ1) is 11.5. The van der Waals surface area contributed by atoms with Crippen molar-refractivity contribution in [3.05, 3.63) is 18.5 Å². The SMILES string of the molecule is C[C@@H]1C[C@@H](C)CN(C(=O)[C@H](C)N2CCN(c3ncccn3)CC2)C1. The average Bonchev–Trinajstić information content (AvgIpc) is 2.60. The number of piperazine rings is 1. The third-order valence-electron chi connectivity index (χ3n) is 5.23. The second-order valence-corrected chi connectivity index (χ2v) is 7.44. The lowest BCUT2D eigenvalue weighted by Crippen LogP contribution is -2.56. The maximum atomic E-state index is 12.9. The third kappa shape index (κ3) is 3.86. The number of aromatic nitrogens is 2. The molecule has 0 N–H and O–H groups in total. The molecule has 2 fully saturated rings. The molecule has 0 spiro atoms. The fourth-order valence-corrected chi connectivity index (χ4v) is 4.03. The predicted molar refractivity (Wildman–Crippen MR) is 94.8 cm³/mol. The van der Waals surface area contributed by atoms with Crippen LogP contribution in [0.3, 0.4) is 0 Å². The van der Waals surface area contributed by atoms with Crippen molar-refractivity contribution in [1.82, 2.24) is 19.8 Å². The van der Waals surface area contributed by atoms with Gasteiger partial charge >= 0.3 is 0 Å². The number of amides is 1. The second kappa shape index (κ2) is 7.47. The molecule has 6 heteroatoms. The number of likely N-dealkylation sites (tertiary alicyclic amines) is 1. The molecular formula is C18H29N5O. The number of nitrogens with zero attached hydrogens (tertiary/aromatic N) is 5. The van der Waals surface area contributed by atoms with Crippen molar-refractivity contribution in [3.8, 4) is 0 Å². The van der Waals surface area contributed by atoms with Crippen molar-refractivity contribution >= 4 is 11.9 Å². The van der Waals surface area contributed by atoms with Crippen LogP contribution in [0.4, 0.5) is 5.95 Å². The molecule has 6 nitrogen and oxygen atoms in total. The van der Waals surface area contributed by atoms with Gasteiger partial charge in [0.15, 0.2) is 0 Å². The number of anilines is 1. The van der Waals surface area contributed by atoms with Gasteiger partial charge in [0.25, 0.3) is 0 Å². The summed E-state index contributed by atoms with van der Waals surface area (Å²) in [5.41, 5.74) is 0. The summed E-state index contributed by atoms with van der Waals surface area (Å²) in [5.74, 6) is 2.29. The molecule has 0 aromatic carbocycles. The van der Waals surface area contributed by atoms with E-state index in [0.717, 1.165) is 45.2 Å². The maximum Gasteiger partial charge on any atom is 0.239 e. The van der Waals surface area contributed by atoms with Crippen LogP contribution in [0.5, 0.6) is 0 Å². The smallest absolute Gasteiger partial charge is 0.239 e. The van der Waals surface area contributed by atoms with Gasteiger partial charge in [-0.2, -0.15) is 0 Å². The Bertz CT molecular complexity index is 534. The van der Waals surface area contributed by atoms with Crippen LogP contribution in [-0.2, 0) is 4.79 Å². The van der Waals surface area contributed by atoms with Crippen LogP contribution in [-0.4, -0.2) is 71.0 Å². The van der Waals surface area contributed by atoms with E-state index < -0.39 is 0 Å². The molecule has 1 aromatic rings. The van der Waals surface area contributed by atoms with Crippen molar-refractivity contribution in [2.24, 2.45) is 11.8 Å². The van der Waals surface area contributed by atoms with E-state index in [4.69, 9.17) is 0 Å². The fraction of sp³-hybridized carbons (Fsp3) is 0.722. The second-order valence-electron chi connectivity index (χ2n) is 7.44. The average molecular weight is 331 g/mol. The summed E-state index contributed by atoms with van der Waals surface area (Å²) in [6.07, 6.45) is 4.78. The van der Waals surface area contributed by atoms with Gasteiger partial charge in [0, 0.05) is 51.7 Å². The normalized spacial score (nSPS) is 27.1. The maximum absolute atomic E-state index is 12.9. The molecule has 3 rings (SSSR count). The van der Waals surface area contributed by atoms with Gasteiger partial charge in [-0.05, 0) is 31.2 Å². The molecule has 0 aliphatic carbocycles. The highest BCUT2D eigenvalue weighted by Crippen LogP contribution is 2.22. The van der Waals surface area contributed by atoms with Crippen molar-refractivity contribution < 1.29 is 4.79 Å². The zero-order valence-corrected chi connectivity index (χ0v) is 15.1. The zero-order valence-electron chi connectivity index (χ0n) is 15.1. The number of carbonyl (C=O) groups is 1. The Kier molecular flexibility index (Phi) is 5.33. The highest BCUT2D eigenvalue weighted by atomic mass is 16.2. The first kappa shape index (κ1) is 17.1. The molecule has 2 aliphatic rings. The molecule has 2 saturated heterocycles. The van der Waals surface area contributed by atoms with Crippen LogP contribution >= 0.6 is 0 Å². The van der Waals surface area contributed by atoms with Crippen LogP contribution in [0.1, 0.15) is 27.2 Å². The van der Waals surface area contributed by atoms with Crippen molar-refractivity contribution in [2.75, 3.05) is 44.2 Å². The van der Waals surface area contributed by atoms with Crippen molar-refractivity contribution in [1.29, 1.82) is 0 Å². The molecule has 1 amide bonds. The van der Waals surface area contributed by atoms with Crippen LogP contribution in [0, 0.1) is 11.8 Å². The summed E-state index contributed by atoms with van der Waals surface area (Å²) in [6, 6.07) is 1.79. The molecule has 0 radical (unpaired) electrons. The molecule has 0 unspecified atom stereocenters. The molecule has 0 bridgehead atoms. The summed E-state index contributed by atoms with van der Waals surface area (Å²) < 4.78 is 0. The predicted octanol–water partition coefficient (Wildman–Crippen LogP) is 1.49. The molecule has 3 heterocycles. The number of piperidine rings is 1. The van der Waals surface area contributed by atoms with E-state index in [1.54, 1.807) is 12.4 Å². The highest BCUT2D eigenvalue weighted by molar-refractivity contribution is 5.81. The standard InChI is InChI=1S/C18H29N5O/c1-14-11-15(2)13-23(12-14)17(24)16(3)21-7-9-22(10-8-21)18-19-5-4-6-20-18/h4-6,14-16H,7-13H2,1-3H3/t14-,15-,16+/m1/s1. The van der Waals surface area contributed by atoms with Gasteiger partial charge in [-0.1, -0.05) is 13.8 Å². The fourth-order valence-electron chi connectivity index (χ4n) is 4.03. The Morgan fingerprint density at radius 2 is 1.67 bits per heavy atom. The van der Waals surface area contributed by atoms with Crippen molar-refractivity contribution in [2.45, 2.75) is 33.2 Å². The van der Waals surface area contributed by atoms with Gasteiger partial charge in [0.2, 0.25) is 11.9 Å². The molecule has 3 atom stereocenters. The number of rotatable bonds is 3. The van der Waals surface area contributed by atoms with Crippen LogP contribution in [0.2, 0.25) is 0 Å². The van der Waals surface area contributed by atoms with E-state index >= 15 is 0 Å². The van der Waals surface area contributed by atoms with Gasteiger partial charge < -0.3 is 9.80 Å². The molecule has 24 heavy (non-hydrogen) atoms. The molecule has 2 aliphatic heterocycles. The Morgan fingerprint density at radius 1 is 1.08 bits per heavy atom. The first-order valence-corrected chi connectivity index (χ1v) is 9.09. The Labute approximate surface area is 144 Å². The Hall–Kier alpha value is -1.69. The largest absolute Gasteiger partial charge is 0.341 e. The van der Waals surface area contributed by atoms with Gasteiger partial charge in [0.05, 0.1) is 6.04 Å². The summed E-state index contributed by atoms with van der Waals surface area (Å²) in [5, 5.41) is 0. The zero-order chi connectivity index (χ0) is 17.1. The first-order valence-electron chi connectivity index (χ1n) is 9.09. The summed E-state index contributed by atoms with van der Waals surface area (Å²) in [7, 11) is 0. The molecule has 1 aromatic heterocycles. The number of hydrogen-bond acceptors (Lipinski definition) is 5. The summed E-state index contributed by atoms with van der Waals surface area (Å²) in [6.45, 7) is 11.9. The monoisotopic (exact) mass is 331 g/mol. The van der Waals surface area contributed by atoms with E-state index in [1.807, 2.05) is 6.07 Å². The molecular weight excluding hydrogens is 302 g/mol. The van der Waals surface area contributed by atoms with Gasteiger partial charge in [-0.25, -0.2) is 9.97 Å². The van der Waals surface area contributed by atoms with E-state index in [2.05, 4.69) is 45.4 Å². The lowest BCUT2D eigenvalue weighted by atomic mass is 9.91. The van der Waals surface area contributed by atoms with Crippen molar-refractivity contribution in [3.63, 3.8) is 0 Å². The Morgan fingerprint density at radius 3 is 2.25 bits per heavy atom. The lowest BCUT2D eigenvalue weighted by molar-refractivity contribution is -0.139.